The van der Waals surface area contributed by atoms with E-state index < -0.39 is 0 Å². The van der Waals surface area contributed by atoms with Gasteiger partial charge in [0.1, 0.15) is 0 Å². The summed E-state index contributed by atoms with van der Waals surface area (Å²) in [5, 5.41) is 4.94. The van der Waals surface area contributed by atoms with Crippen LogP contribution in [0.2, 0.25) is 0 Å². The first-order valence-electron chi connectivity index (χ1n) is 7.39. The van der Waals surface area contributed by atoms with Gasteiger partial charge in [-0.25, -0.2) is 0 Å². The van der Waals surface area contributed by atoms with Crippen LogP contribution in [0.15, 0.2) is 30.3 Å². The molecule has 2 nitrogen and oxygen atoms in total. The summed E-state index contributed by atoms with van der Waals surface area (Å²) in [6, 6.07) is 11.3. The third-order valence-corrected chi connectivity index (χ3v) is 4.34. The number of hydrogen-bond acceptors (Lipinski definition) is 2. The standard InChI is InChI=1S/C17H22N2/c1-3-13-8-10-15(11-13)19-16-6-4-5-14-9-7-12(2)18-17(14)16/h4-7,9,13,15,19H,3,8,10-11H2,1-2H3. The van der Waals surface area contributed by atoms with E-state index in [1.165, 1.54) is 36.8 Å². The first-order valence-corrected chi connectivity index (χ1v) is 7.39. The number of nitrogens with zero attached hydrogens (tertiary/aromatic N) is 1. The largest absolute Gasteiger partial charge is 0.381 e. The molecule has 1 aromatic carbocycles. The smallest absolute Gasteiger partial charge is 0.0936 e. The maximum atomic E-state index is 4.69. The molecular weight excluding hydrogens is 232 g/mol. The van der Waals surface area contributed by atoms with Gasteiger partial charge in [0.25, 0.3) is 0 Å². The van der Waals surface area contributed by atoms with Crippen LogP contribution in [0.25, 0.3) is 10.9 Å². The molecule has 19 heavy (non-hydrogen) atoms. The van der Waals surface area contributed by atoms with Crippen molar-refractivity contribution in [3.05, 3.63) is 36.0 Å². The zero-order valence-corrected chi connectivity index (χ0v) is 11.8. The Morgan fingerprint density at radius 3 is 2.89 bits per heavy atom. The third-order valence-electron chi connectivity index (χ3n) is 4.34. The van der Waals surface area contributed by atoms with Crippen LogP contribution in [-0.4, -0.2) is 11.0 Å². The number of aromatic nitrogens is 1. The quantitative estimate of drug-likeness (QED) is 0.870. The summed E-state index contributed by atoms with van der Waals surface area (Å²) in [6.07, 6.45) is 5.27. The highest BCUT2D eigenvalue weighted by molar-refractivity contribution is 5.90. The van der Waals surface area contributed by atoms with Crippen molar-refractivity contribution in [3.63, 3.8) is 0 Å². The summed E-state index contributed by atoms with van der Waals surface area (Å²) in [6.45, 7) is 4.36. The van der Waals surface area contributed by atoms with Crippen LogP contribution in [-0.2, 0) is 0 Å². The molecule has 3 rings (SSSR count). The summed E-state index contributed by atoms with van der Waals surface area (Å²) >= 11 is 0. The van der Waals surface area contributed by atoms with Gasteiger partial charge in [-0.05, 0) is 44.2 Å². The van der Waals surface area contributed by atoms with Crippen LogP contribution >= 0.6 is 0 Å². The van der Waals surface area contributed by atoms with Crippen molar-refractivity contribution >= 4 is 16.6 Å². The Balaban J connectivity index is 1.86. The second-order valence-electron chi connectivity index (χ2n) is 5.76. The predicted molar refractivity (Wildman–Crippen MR) is 81.5 cm³/mol. The lowest BCUT2D eigenvalue weighted by Gasteiger charge is -2.16. The molecule has 100 valence electrons. The molecule has 0 radical (unpaired) electrons. The zero-order valence-electron chi connectivity index (χ0n) is 11.8. The predicted octanol–water partition coefficient (Wildman–Crippen LogP) is 4.53. The van der Waals surface area contributed by atoms with Crippen molar-refractivity contribution in [1.82, 2.24) is 4.98 Å². The van der Waals surface area contributed by atoms with Gasteiger partial charge in [-0.15, -0.1) is 0 Å². The molecule has 1 aliphatic carbocycles. The number of aryl methyl sites for hydroxylation is 1. The maximum Gasteiger partial charge on any atom is 0.0936 e. The Hall–Kier alpha value is -1.57. The number of benzene rings is 1. The first kappa shape index (κ1) is 12.5. The lowest BCUT2D eigenvalue weighted by atomic mass is 10.1. The van der Waals surface area contributed by atoms with E-state index in [0.29, 0.717) is 6.04 Å². The number of hydrogen-bond donors (Lipinski definition) is 1. The summed E-state index contributed by atoms with van der Waals surface area (Å²) in [7, 11) is 0. The van der Waals surface area contributed by atoms with Gasteiger partial charge >= 0.3 is 0 Å². The number of anilines is 1. The molecule has 2 atom stereocenters. The maximum absolute atomic E-state index is 4.69. The average Bonchev–Trinajstić information content (AvgIpc) is 2.87. The minimum atomic E-state index is 0.623. The van der Waals surface area contributed by atoms with Crippen molar-refractivity contribution in [2.24, 2.45) is 5.92 Å². The highest BCUT2D eigenvalue weighted by atomic mass is 14.9. The topological polar surface area (TPSA) is 24.9 Å². The van der Waals surface area contributed by atoms with Crippen LogP contribution in [0.4, 0.5) is 5.69 Å². The lowest BCUT2D eigenvalue weighted by Crippen LogP contribution is -2.15. The number of pyridine rings is 1. The zero-order chi connectivity index (χ0) is 13.2. The molecule has 2 heteroatoms. The summed E-state index contributed by atoms with van der Waals surface area (Å²) in [5.74, 6) is 0.905. The van der Waals surface area contributed by atoms with E-state index in [1.807, 2.05) is 0 Å². The van der Waals surface area contributed by atoms with Gasteiger partial charge in [0, 0.05) is 17.1 Å². The molecular formula is C17H22N2. The lowest BCUT2D eigenvalue weighted by molar-refractivity contribution is 0.525. The van der Waals surface area contributed by atoms with Gasteiger partial charge in [-0.1, -0.05) is 31.5 Å². The monoisotopic (exact) mass is 254 g/mol. The molecule has 1 saturated carbocycles. The summed E-state index contributed by atoms with van der Waals surface area (Å²) < 4.78 is 0. The summed E-state index contributed by atoms with van der Waals surface area (Å²) in [5.41, 5.74) is 3.39. The van der Waals surface area contributed by atoms with E-state index in [-0.39, 0.29) is 0 Å². The minimum absolute atomic E-state index is 0.623. The van der Waals surface area contributed by atoms with Crippen molar-refractivity contribution < 1.29 is 0 Å². The third kappa shape index (κ3) is 2.58. The molecule has 1 fully saturated rings. The Labute approximate surface area is 115 Å². The molecule has 2 unspecified atom stereocenters. The van der Waals surface area contributed by atoms with E-state index >= 15 is 0 Å². The Morgan fingerprint density at radius 1 is 1.21 bits per heavy atom. The first-order chi connectivity index (χ1) is 9.26. The van der Waals surface area contributed by atoms with Gasteiger partial charge in [0.2, 0.25) is 0 Å². The van der Waals surface area contributed by atoms with Gasteiger partial charge in [-0.3, -0.25) is 4.98 Å². The van der Waals surface area contributed by atoms with E-state index in [0.717, 1.165) is 17.1 Å². The number of fused-ring (bicyclic) bond motifs is 1. The number of nitrogens with one attached hydrogen (secondary N) is 1. The van der Waals surface area contributed by atoms with Crippen LogP contribution in [0, 0.1) is 12.8 Å². The molecule has 0 spiro atoms. The van der Waals surface area contributed by atoms with Gasteiger partial charge in [0.05, 0.1) is 11.2 Å². The molecule has 1 aromatic heterocycles. The molecule has 2 aromatic rings. The van der Waals surface area contributed by atoms with Crippen LogP contribution in [0.5, 0.6) is 0 Å². The highest BCUT2D eigenvalue weighted by Crippen LogP contribution is 2.31. The SMILES string of the molecule is CCC1CCC(Nc2cccc3ccc(C)nc23)C1. The second kappa shape index (κ2) is 5.20. The molecule has 0 aliphatic heterocycles. The molecule has 0 bridgehead atoms. The Kier molecular flexibility index (Phi) is 3.41. The van der Waals surface area contributed by atoms with Crippen LogP contribution in [0.1, 0.15) is 38.3 Å². The van der Waals surface area contributed by atoms with Crippen molar-refractivity contribution in [2.75, 3.05) is 5.32 Å². The number of para-hydroxylation sites is 1. The highest BCUT2D eigenvalue weighted by Gasteiger charge is 2.23. The van der Waals surface area contributed by atoms with Gasteiger partial charge in [0.15, 0.2) is 0 Å². The van der Waals surface area contributed by atoms with E-state index in [4.69, 9.17) is 4.98 Å². The fraction of sp³-hybridized carbons (Fsp3) is 0.471. The second-order valence-corrected chi connectivity index (χ2v) is 5.76. The van der Waals surface area contributed by atoms with Crippen molar-refractivity contribution in [2.45, 2.75) is 45.6 Å². The van der Waals surface area contributed by atoms with Gasteiger partial charge in [-0.2, -0.15) is 0 Å². The summed E-state index contributed by atoms with van der Waals surface area (Å²) in [4.78, 5) is 4.69. The minimum Gasteiger partial charge on any atom is -0.381 e. The Bertz CT molecular complexity index is 576. The molecule has 1 aliphatic rings. The molecule has 0 amide bonds. The number of rotatable bonds is 3. The van der Waals surface area contributed by atoms with E-state index in [2.05, 4.69) is 49.5 Å². The normalized spacial score (nSPS) is 22.8. The van der Waals surface area contributed by atoms with Gasteiger partial charge < -0.3 is 5.32 Å². The van der Waals surface area contributed by atoms with Crippen LogP contribution < -0.4 is 5.32 Å². The average molecular weight is 254 g/mol. The molecule has 0 saturated heterocycles. The van der Waals surface area contributed by atoms with Crippen LogP contribution in [0.3, 0.4) is 0 Å². The Morgan fingerprint density at radius 2 is 2.11 bits per heavy atom. The van der Waals surface area contributed by atoms with Crippen molar-refractivity contribution in [3.8, 4) is 0 Å². The van der Waals surface area contributed by atoms with E-state index in [1.54, 1.807) is 0 Å². The van der Waals surface area contributed by atoms with Crippen molar-refractivity contribution in [1.29, 1.82) is 0 Å². The van der Waals surface area contributed by atoms with E-state index in [9.17, 15) is 0 Å². The molecule has 1 N–H and O–H groups in total. The fourth-order valence-electron chi connectivity index (χ4n) is 3.16. The fourth-order valence-corrected chi connectivity index (χ4v) is 3.16. The molecule has 1 heterocycles.